The number of aliphatic hydroxyl groups is 1. The molecule has 21 nitrogen and oxygen atoms in total. The van der Waals surface area contributed by atoms with Crippen molar-refractivity contribution >= 4 is 67.8 Å². The average Bonchev–Trinajstić information content (AvgIpc) is 4.26. The van der Waals surface area contributed by atoms with Crippen molar-refractivity contribution in [2.75, 3.05) is 102 Å². The number of amides is 4. The Hall–Kier alpha value is -6.86. The number of fused-ring (bicyclic) bond motifs is 1. The normalized spacial score (nSPS) is 16.5. The molecule has 4 amide bonds. The van der Waals surface area contributed by atoms with Gasteiger partial charge in [0.05, 0.1) is 79.0 Å². The molecule has 79 heavy (non-hydrogen) atoms. The summed E-state index contributed by atoms with van der Waals surface area (Å²) < 4.78 is 42.4. The van der Waals surface area contributed by atoms with Gasteiger partial charge in [0, 0.05) is 81.8 Å². The van der Waals surface area contributed by atoms with Crippen LogP contribution in [-0.4, -0.2) is 176 Å². The van der Waals surface area contributed by atoms with Gasteiger partial charge in [0.1, 0.15) is 12.1 Å². The van der Waals surface area contributed by atoms with Crippen molar-refractivity contribution < 1.29 is 46.9 Å². The van der Waals surface area contributed by atoms with Gasteiger partial charge in [-0.15, -0.1) is 16.4 Å². The number of sulfone groups is 1. The average molecular weight is 1120 g/mol. The number of ether oxygens (including phenoxy) is 3. The standard InChI is InChI=1S/C56H71N11O10S2/c1-38-51(78-37-59-38)41-11-9-39(10-12-41)34-58-53(71)47-33-44(68)35-66(47)54(72)52(56(2,3)4)62-49(69)21-27-75-29-31-77-32-30-76-28-22-57-50(70)36-64-23-25-65(26-24-64)43-17-15-42(16-18-43)60-55-61-48-8-6-7-46(67(48)63-55)40-13-19-45(20-14-40)79(5,73)74/h6-20,37,44,47,52,68H,21-36H2,1-5H3,(H,57,70)(H,58,71)(H,60,63)(H,62,69)/t44-,47+,52-/m1/s1. The van der Waals surface area contributed by atoms with Gasteiger partial charge in [-0.1, -0.05) is 63.2 Å². The first kappa shape index (κ1) is 58.3. The lowest BCUT2D eigenvalue weighted by Crippen LogP contribution is -2.57. The summed E-state index contributed by atoms with van der Waals surface area (Å²) in [5.74, 6) is -0.812. The summed E-state index contributed by atoms with van der Waals surface area (Å²) in [6, 6.07) is 26.4. The number of aromatic nitrogens is 4. The number of carbonyl (C=O) groups is 4. The number of anilines is 3. The van der Waals surface area contributed by atoms with Gasteiger partial charge in [0.25, 0.3) is 0 Å². The molecule has 2 aliphatic rings. The van der Waals surface area contributed by atoms with E-state index in [0.717, 1.165) is 70.5 Å². The predicted molar refractivity (Wildman–Crippen MR) is 302 cm³/mol. The number of nitrogens with zero attached hydrogens (tertiary/aromatic N) is 7. The highest BCUT2D eigenvalue weighted by Crippen LogP contribution is 2.30. The van der Waals surface area contributed by atoms with Crippen molar-refractivity contribution in [1.29, 1.82) is 0 Å². The summed E-state index contributed by atoms with van der Waals surface area (Å²) in [6.07, 6.45) is 0.421. The number of pyridine rings is 1. The highest BCUT2D eigenvalue weighted by molar-refractivity contribution is 7.90. The van der Waals surface area contributed by atoms with Crippen molar-refractivity contribution in [3.63, 3.8) is 0 Å². The van der Waals surface area contributed by atoms with E-state index in [-0.39, 0.29) is 61.8 Å². The Morgan fingerprint density at radius 1 is 0.810 bits per heavy atom. The van der Waals surface area contributed by atoms with Crippen LogP contribution in [0.4, 0.5) is 17.3 Å². The van der Waals surface area contributed by atoms with Gasteiger partial charge in [-0.25, -0.2) is 17.9 Å². The van der Waals surface area contributed by atoms with Crippen LogP contribution in [0.3, 0.4) is 0 Å². The largest absolute Gasteiger partial charge is 0.391 e. The van der Waals surface area contributed by atoms with Crippen LogP contribution in [0.1, 0.15) is 44.9 Å². The monoisotopic (exact) mass is 1120 g/mol. The van der Waals surface area contributed by atoms with Gasteiger partial charge in [-0.3, -0.25) is 24.1 Å². The summed E-state index contributed by atoms with van der Waals surface area (Å²) in [5, 5.41) is 27.2. The topological polar surface area (TPSA) is 251 Å². The Kier molecular flexibility index (Phi) is 19.8. The SMILES string of the molecule is Cc1ncsc1-c1ccc(CNC(=O)[C@@H]2C[C@@H](O)CN2C(=O)[C@@H](NC(=O)CCOCCOCCOCCNC(=O)CN2CCN(c3ccc(Nc4nc5cccc(-c6ccc(S(C)(=O)=O)cc6)n5n4)cc3)CC2)C(C)(C)C)cc1. The summed E-state index contributed by atoms with van der Waals surface area (Å²) in [5.41, 5.74) is 8.16. The minimum Gasteiger partial charge on any atom is -0.391 e. The summed E-state index contributed by atoms with van der Waals surface area (Å²) in [7, 11) is -3.31. The molecule has 0 radical (unpaired) electrons. The van der Waals surface area contributed by atoms with E-state index in [2.05, 4.69) is 46.1 Å². The molecule has 8 rings (SSSR count). The number of benzene rings is 3. The van der Waals surface area contributed by atoms with Crippen LogP contribution in [0.15, 0.2) is 101 Å². The number of β-amino-alcohol motifs (C(OH)–C–C–N with tert-alkyl or cyclic N) is 1. The molecule has 23 heteroatoms. The molecule has 0 aliphatic carbocycles. The quantitative estimate of drug-likeness (QED) is 0.0497. The smallest absolute Gasteiger partial charge is 0.247 e. The lowest BCUT2D eigenvalue weighted by atomic mass is 9.85. The zero-order chi connectivity index (χ0) is 56.1. The van der Waals surface area contributed by atoms with Crippen LogP contribution in [0.5, 0.6) is 0 Å². The minimum atomic E-state index is -3.31. The van der Waals surface area contributed by atoms with Gasteiger partial charge in [0.15, 0.2) is 15.5 Å². The van der Waals surface area contributed by atoms with Crippen LogP contribution in [-0.2, 0) is 49.8 Å². The predicted octanol–water partition coefficient (Wildman–Crippen LogP) is 4.46. The highest BCUT2D eigenvalue weighted by Gasteiger charge is 2.44. The number of hydrogen-bond donors (Lipinski definition) is 5. The van der Waals surface area contributed by atoms with Gasteiger partial charge in [-0.2, -0.15) is 4.98 Å². The van der Waals surface area contributed by atoms with E-state index < -0.39 is 39.3 Å². The fourth-order valence-corrected chi connectivity index (χ4v) is 10.8. The Morgan fingerprint density at radius 2 is 1.48 bits per heavy atom. The van der Waals surface area contributed by atoms with E-state index in [1.807, 2.05) is 99.9 Å². The number of carbonyl (C=O) groups excluding carboxylic acids is 4. The first-order valence-electron chi connectivity index (χ1n) is 26.5. The van der Waals surface area contributed by atoms with Gasteiger partial charge >= 0.3 is 0 Å². The lowest BCUT2D eigenvalue weighted by Gasteiger charge is -2.35. The molecule has 3 aromatic carbocycles. The van der Waals surface area contributed by atoms with Crippen LogP contribution >= 0.6 is 11.3 Å². The maximum atomic E-state index is 14.0. The fraction of sp³-hybridized carbons (Fsp3) is 0.446. The molecule has 3 aromatic heterocycles. The zero-order valence-corrected chi connectivity index (χ0v) is 47.0. The molecule has 0 bridgehead atoms. The molecule has 5 N–H and O–H groups in total. The van der Waals surface area contributed by atoms with Crippen molar-refractivity contribution in [3.05, 3.63) is 108 Å². The van der Waals surface area contributed by atoms with Crippen molar-refractivity contribution in [3.8, 4) is 21.7 Å². The molecule has 5 heterocycles. The Bertz CT molecular complexity index is 3120. The van der Waals surface area contributed by atoms with Gasteiger partial charge in [0.2, 0.25) is 29.6 Å². The third-order valence-electron chi connectivity index (χ3n) is 13.7. The van der Waals surface area contributed by atoms with E-state index in [1.54, 1.807) is 40.1 Å². The van der Waals surface area contributed by atoms with Crippen LogP contribution in [0.2, 0.25) is 0 Å². The molecule has 0 unspecified atom stereocenters. The number of aliphatic hydroxyl groups excluding tert-OH is 1. The van der Waals surface area contributed by atoms with Crippen LogP contribution in [0.25, 0.3) is 27.3 Å². The van der Waals surface area contributed by atoms with E-state index >= 15 is 0 Å². The first-order valence-corrected chi connectivity index (χ1v) is 29.2. The number of likely N-dealkylation sites (tertiary alicyclic amines) is 1. The molecule has 2 saturated heterocycles. The van der Waals surface area contributed by atoms with E-state index in [4.69, 9.17) is 14.2 Å². The van der Waals surface area contributed by atoms with Crippen molar-refractivity contribution in [1.82, 2.24) is 45.3 Å². The zero-order valence-electron chi connectivity index (χ0n) is 45.4. The Balaban J connectivity index is 0.648. The number of nitrogens with one attached hydrogen (secondary N) is 4. The molecule has 2 fully saturated rings. The maximum Gasteiger partial charge on any atom is 0.247 e. The second-order valence-corrected chi connectivity index (χ2v) is 23.6. The molecule has 3 atom stereocenters. The molecule has 422 valence electrons. The third-order valence-corrected chi connectivity index (χ3v) is 15.8. The molecule has 6 aromatic rings. The molecular weight excluding hydrogens is 1050 g/mol. The van der Waals surface area contributed by atoms with Gasteiger partial charge in [-0.05, 0) is 72.0 Å². The maximum absolute atomic E-state index is 14.0. The van der Waals surface area contributed by atoms with Crippen molar-refractivity contribution in [2.24, 2.45) is 5.41 Å². The summed E-state index contributed by atoms with van der Waals surface area (Å²) in [6.45, 7) is 13.1. The summed E-state index contributed by atoms with van der Waals surface area (Å²) >= 11 is 1.57. The van der Waals surface area contributed by atoms with E-state index in [9.17, 15) is 32.7 Å². The number of aryl methyl sites for hydroxylation is 1. The Morgan fingerprint density at radius 3 is 2.14 bits per heavy atom. The van der Waals surface area contributed by atoms with Gasteiger partial charge < -0.3 is 50.4 Å². The minimum absolute atomic E-state index is 0.0121. The number of piperazine rings is 1. The van der Waals surface area contributed by atoms with Crippen LogP contribution in [0, 0.1) is 12.3 Å². The fourth-order valence-electron chi connectivity index (χ4n) is 9.34. The van der Waals surface area contributed by atoms with Crippen LogP contribution < -0.4 is 26.2 Å². The Labute approximate surface area is 465 Å². The first-order chi connectivity index (χ1) is 37.9. The molecule has 0 saturated carbocycles. The number of hydrogen-bond acceptors (Lipinski definition) is 17. The van der Waals surface area contributed by atoms with Crippen molar-refractivity contribution in [2.45, 2.75) is 70.2 Å². The number of thiazole rings is 1. The second-order valence-electron chi connectivity index (χ2n) is 20.7. The third kappa shape index (κ3) is 16.1. The van der Waals surface area contributed by atoms with E-state index in [1.165, 1.54) is 11.2 Å². The molecule has 0 spiro atoms. The highest BCUT2D eigenvalue weighted by atomic mass is 32.2. The second kappa shape index (κ2) is 26.9. The lowest BCUT2D eigenvalue weighted by molar-refractivity contribution is -0.144. The molecular formula is C56H71N11O10S2. The number of rotatable bonds is 25. The van der Waals surface area contributed by atoms with E-state index in [0.29, 0.717) is 51.1 Å². The molecule has 2 aliphatic heterocycles. The summed E-state index contributed by atoms with van der Waals surface area (Å²) in [4.78, 5) is 69.3.